The molecule has 2 aliphatic carbocycles. The molecule has 7 heteroatoms. The number of hydrogen-bond acceptors (Lipinski definition) is 6. The average Bonchev–Trinajstić information content (AvgIpc) is 3.39. The van der Waals surface area contributed by atoms with Crippen LogP contribution in [0.15, 0.2) is 72.8 Å². The van der Waals surface area contributed by atoms with Crippen LogP contribution in [0.3, 0.4) is 0 Å². The highest BCUT2D eigenvalue weighted by molar-refractivity contribution is 5.92. The molecule has 1 saturated carbocycles. The summed E-state index contributed by atoms with van der Waals surface area (Å²) in [6.45, 7) is 9.95. The van der Waals surface area contributed by atoms with Gasteiger partial charge in [-0.2, -0.15) is 0 Å². The molecule has 0 aromatic heterocycles. The number of benzene rings is 3. The van der Waals surface area contributed by atoms with Crippen molar-refractivity contribution in [1.29, 1.82) is 0 Å². The van der Waals surface area contributed by atoms with Crippen LogP contribution in [0.5, 0.6) is 11.5 Å². The van der Waals surface area contributed by atoms with Crippen molar-refractivity contribution in [3.05, 3.63) is 101 Å². The second-order valence-electron chi connectivity index (χ2n) is 14.4. The fraction of sp³-hybridized carbons (Fsp3) is 0.450. The Bertz CT molecular complexity index is 1700. The molecule has 4 aliphatic rings. The molecule has 47 heavy (non-hydrogen) atoms. The van der Waals surface area contributed by atoms with Gasteiger partial charge in [0, 0.05) is 37.7 Å². The van der Waals surface area contributed by atoms with Crippen molar-refractivity contribution in [2.75, 3.05) is 19.6 Å². The lowest BCUT2D eigenvalue weighted by molar-refractivity contribution is -0.201. The number of esters is 1. The molecule has 1 amide bonds. The fourth-order valence-corrected chi connectivity index (χ4v) is 9.15. The third-order valence-electron chi connectivity index (χ3n) is 11.0. The lowest BCUT2D eigenvalue weighted by Crippen LogP contribution is -2.78. The van der Waals surface area contributed by atoms with Crippen molar-refractivity contribution in [1.82, 2.24) is 9.80 Å². The van der Waals surface area contributed by atoms with E-state index >= 15 is 0 Å². The maximum Gasteiger partial charge on any atom is 0.308 e. The number of amides is 1. The Kier molecular flexibility index (Phi) is 8.25. The van der Waals surface area contributed by atoms with Crippen molar-refractivity contribution in [2.45, 2.75) is 89.0 Å². The van der Waals surface area contributed by atoms with Crippen molar-refractivity contribution >= 4 is 18.0 Å². The number of carbonyl (C=O) groups is 2. The first-order valence-corrected chi connectivity index (χ1v) is 17.2. The largest absolute Gasteiger partial charge is 0.483 e. The maximum absolute atomic E-state index is 14.1. The maximum atomic E-state index is 14.1. The molecule has 2 fully saturated rings. The van der Waals surface area contributed by atoms with E-state index in [4.69, 9.17) is 9.47 Å². The third-order valence-corrected chi connectivity index (χ3v) is 11.0. The van der Waals surface area contributed by atoms with Gasteiger partial charge in [0.1, 0.15) is 6.10 Å². The average molecular weight is 635 g/mol. The van der Waals surface area contributed by atoms with Gasteiger partial charge in [-0.05, 0) is 80.3 Å². The summed E-state index contributed by atoms with van der Waals surface area (Å²) in [4.78, 5) is 30.8. The van der Waals surface area contributed by atoms with Crippen LogP contribution in [-0.4, -0.2) is 70.2 Å². The number of hydrogen-bond donors (Lipinski definition) is 1. The summed E-state index contributed by atoms with van der Waals surface area (Å²) >= 11 is 0. The van der Waals surface area contributed by atoms with Crippen LogP contribution >= 0.6 is 0 Å². The molecule has 7 rings (SSSR count). The number of ether oxygens (including phenoxy) is 2. The summed E-state index contributed by atoms with van der Waals surface area (Å²) in [5.41, 5.74) is 3.76. The predicted molar refractivity (Wildman–Crippen MR) is 182 cm³/mol. The molecule has 2 bridgehead atoms. The van der Waals surface area contributed by atoms with Crippen LogP contribution in [0.1, 0.15) is 67.9 Å². The molecule has 2 unspecified atom stereocenters. The standard InChI is InChI=1S/C40H46N2O5/c1-26(2)25-42(35(44)16-13-30-12-8-9-27(3)23-30)32-17-19-40(45)34-24-31-14-15-33(46-28(4)43)37-36(31)39(40,38(32)47-37)20-22-41(34)21-18-29-10-6-5-7-11-29/h5-16,23,26,32,34,38,45H,17-22,24-25H2,1-4H3/b16-13+/t32?,34-,38?,39+,40-/m1/s1. The van der Waals surface area contributed by atoms with Gasteiger partial charge in [-0.3, -0.25) is 14.5 Å². The highest BCUT2D eigenvalue weighted by atomic mass is 16.6. The zero-order chi connectivity index (χ0) is 32.9. The summed E-state index contributed by atoms with van der Waals surface area (Å²) in [7, 11) is 0. The van der Waals surface area contributed by atoms with Gasteiger partial charge in [-0.15, -0.1) is 0 Å². The zero-order valence-corrected chi connectivity index (χ0v) is 27.9. The Morgan fingerprint density at radius 3 is 2.66 bits per heavy atom. The molecular weight excluding hydrogens is 588 g/mol. The molecule has 3 aromatic carbocycles. The first-order chi connectivity index (χ1) is 22.6. The van der Waals surface area contributed by atoms with Gasteiger partial charge in [0.2, 0.25) is 5.91 Å². The SMILES string of the molecule is CC(=O)Oc1ccc2c3c1OC1C(N(CC(C)C)C(=O)/C=C/c4cccc(C)c4)CC[C@@]4(O)[C@@H](C2)N(CCc2ccccc2)CC[C@]314. The molecule has 1 N–H and O–H groups in total. The first-order valence-electron chi connectivity index (χ1n) is 17.2. The van der Waals surface area contributed by atoms with E-state index in [1.807, 2.05) is 48.2 Å². The molecular formula is C40H46N2O5. The Morgan fingerprint density at radius 2 is 1.91 bits per heavy atom. The first kappa shape index (κ1) is 31.6. The number of aliphatic hydroxyl groups is 1. The van der Waals surface area contributed by atoms with E-state index in [2.05, 4.69) is 55.1 Å². The number of rotatable bonds is 9. The minimum absolute atomic E-state index is 0.0558. The minimum Gasteiger partial charge on any atom is -0.483 e. The van der Waals surface area contributed by atoms with Crippen molar-refractivity contribution in [3.8, 4) is 11.5 Å². The molecule has 246 valence electrons. The quantitative estimate of drug-likeness (QED) is 0.180. The van der Waals surface area contributed by atoms with Crippen LogP contribution in [0.4, 0.5) is 0 Å². The van der Waals surface area contributed by atoms with Crippen LogP contribution in [-0.2, 0) is 27.8 Å². The van der Waals surface area contributed by atoms with Gasteiger partial charge < -0.3 is 19.5 Å². The van der Waals surface area contributed by atoms with E-state index in [1.54, 1.807) is 6.08 Å². The fourth-order valence-electron chi connectivity index (χ4n) is 9.15. The Labute approximate surface area is 278 Å². The van der Waals surface area contributed by atoms with Gasteiger partial charge in [0.15, 0.2) is 11.5 Å². The second kappa shape index (κ2) is 12.3. The van der Waals surface area contributed by atoms with Crippen LogP contribution < -0.4 is 9.47 Å². The molecule has 1 spiro atoms. The summed E-state index contributed by atoms with van der Waals surface area (Å²) in [6, 6.07) is 22.2. The topological polar surface area (TPSA) is 79.3 Å². The molecule has 7 nitrogen and oxygen atoms in total. The summed E-state index contributed by atoms with van der Waals surface area (Å²) in [5.74, 6) is 0.731. The lowest BCUT2D eigenvalue weighted by Gasteiger charge is -2.65. The van der Waals surface area contributed by atoms with Gasteiger partial charge >= 0.3 is 5.97 Å². The molecule has 0 radical (unpaired) electrons. The minimum atomic E-state index is -1.06. The van der Waals surface area contributed by atoms with E-state index < -0.39 is 23.1 Å². The Morgan fingerprint density at radius 1 is 1.11 bits per heavy atom. The molecule has 3 aromatic rings. The number of carbonyl (C=O) groups excluding carboxylic acids is 2. The molecule has 1 saturated heterocycles. The van der Waals surface area contributed by atoms with E-state index in [0.717, 1.165) is 41.8 Å². The number of piperidine rings is 1. The van der Waals surface area contributed by atoms with Crippen LogP contribution in [0.2, 0.25) is 0 Å². The van der Waals surface area contributed by atoms with Gasteiger partial charge in [-0.1, -0.05) is 80.1 Å². The van der Waals surface area contributed by atoms with Crippen LogP contribution in [0.25, 0.3) is 6.08 Å². The zero-order valence-electron chi connectivity index (χ0n) is 27.9. The summed E-state index contributed by atoms with van der Waals surface area (Å²) in [5, 5.41) is 13.1. The van der Waals surface area contributed by atoms with Gasteiger partial charge in [0.25, 0.3) is 0 Å². The second-order valence-corrected chi connectivity index (χ2v) is 14.4. The van der Waals surface area contributed by atoms with E-state index in [0.29, 0.717) is 43.7 Å². The van der Waals surface area contributed by atoms with Crippen molar-refractivity contribution in [2.24, 2.45) is 5.92 Å². The molecule has 5 atom stereocenters. The normalized spacial score (nSPS) is 27.4. The summed E-state index contributed by atoms with van der Waals surface area (Å²) in [6.07, 6.45) is 6.59. The Balaban J connectivity index is 1.28. The van der Waals surface area contributed by atoms with Crippen LogP contribution in [0, 0.1) is 12.8 Å². The number of nitrogens with zero attached hydrogens (tertiary/aromatic N) is 2. The lowest BCUT2D eigenvalue weighted by atomic mass is 9.48. The summed E-state index contributed by atoms with van der Waals surface area (Å²) < 4.78 is 12.7. The van der Waals surface area contributed by atoms with Crippen molar-refractivity contribution in [3.63, 3.8) is 0 Å². The number of aryl methyl sites for hydroxylation is 1. The van der Waals surface area contributed by atoms with Crippen molar-refractivity contribution < 1.29 is 24.2 Å². The third kappa shape index (κ3) is 5.38. The number of likely N-dealkylation sites (tertiary alicyclic amines) is 1. The monoisotopic (exact) mass is 634 g/mol. The predicted octanol–water partition coefficient (Wildman–Crippen LogP) is 5.88. The highest BCUT2D eigenvalue weighted by Crippen LogP contribution is 2.66. The highest BCUT2D eigenvalue weighted by Gasteiger charge is 2.73. The molecule has 2 aliphatic heterocycles. The Hall–Kier alpha value is -3.94. The van der Waals surface area contributed by atoms with Gasteiger partial charge in [-0.25, -0.2) is 0 Å². The van der Waals surface area contributed by atoms with E-state index in [1.165, 1.54) is 12.5 Å². The molecule has 2 heterocycles. The van der Waals surface area contributed by atoms with E-state index in [9.17, 15) is 14.7 Å². The smallest absolute Gasteiger partial charge is 0.308 e. The van der Waals surface area contributed by atoms with E-state index in [-0.39, 0.29) is 23.9 Å². The van der Waals surface area contributed by atoms with Gasteiger partial charge in [0.05, 0.1) is 17.1 Å².